The first-order valence-electron chi connectivity index (χ1n) is 9.95. The van der Waals surface area contributed by atoms with Gasteiger partial charge < -0.3 is 15.0 Å². The number of unbranched alkanes of at least 4 members (excludes halogenated alkanes) is 1. The summed E-state index contributed by atoms with van der Waals surface area (Å²) in [5.74, 6) is 0.890. The summed E-state index contributed by atoms with van der Waals surface area (Å²) in [5, 5.41) is 3.33. The molecule has 1 unspecified atom stereocenters. The molecule has 1 amide bonds. The van der Waals surface area contributed by atoms with Gasteiger partial charge in [0.15, 0.2) is 0 Å². The van der Waals surface area contributed by atoms with Gasteiger partial charge in [0, 0.05) is 19.3 Å². The minimum atomic E-state index is -0.242. The normalized spacial score (nSPS) is 16.8. The summed E-state index contributed by atoms with van der Waals surface area (Å²) < 4.78 is 5.56. The third-order valence-corrected chi connectivity index (χ3v) is 4.95. The monoisotopic (exact) mass is 367 g/mol. The molecule has 2 heterocycles. The lowest BCUT2D eigenvalue weighted by Crippen LogP contribution is -2.38. The van der Waals surface area contributed by atoms with Gasteiger partial charge in [-0.25, -0.2) is 9.78 Å². The number of rotatable bonds is 7. The number of carbonyl (C=O) groups is 1. The maximum atomic E-state index is 12.7. The summed E-state index contributed by atoms with van der Waals surface area (Å²) in [6.45, 7) is 4.15. The van der Waals surface area contributed by atoms with Crippen LogP contribution in [0.4, 0.5) is 10.6 Å². The van der Waals surface area contributed by atoms with Gasteiger partial charge in [-0.15, -0.1) is 0 Å². The second-order valence-electron chi connectivity index (χ2n) is 7.00. The molecule has 1 N–H and O–H groups in total. The molecule has 0 bridgehead atoms. The molecule has 2 aromatic rings. The number of likely N-dealkylation sites (tertiary alicyclic amines) is 1. The molecule has 1 aliphatic heterocycles. The highest BCUT2D eigenvalue weighted by Gasteiger charge is 2.29. The molecular weight excluding hydrogens is 338 g/mol. The second-order valence-corrected chi connectivity index (χ2v) is 7.00. The van der Waals surface area contributed by atoms with Gasteiger partial charge in [0.2, 0.25) is 0 Å². The van der Waals surface area contributed by atoms with Crippen molar-refractivity contribution < 1.29 is 9.53 Å². The minimum Gasteiger partial charge on any atom is -0.445 e. The van der Waals surface area contributed by atoms with Crippen LogP contribution in [0.5, 0.6) is 0 Å². The van der Waals surface area contributed by atoms with Crippen molar-refractivity contribution >= 4 is 11.9 Å². The molecule has 0 radical (unpaired) electrons. The van der Waals surface area contributed by atoms with Crippen molar-refractivity contribution in [3.63, 3.8) is 0 Å². The molecule has 1 aromatic heterocycles. The van der Waals surface area contributed by atoms with Crippen LogP contribution in [0.15, 0.2) is 48.7 Å². The van der Waals surface area contributed by atoms with Gasteiger partial charge in [-0.2, -0.15) is 0 Å². The number of nitrogens with zero attached hydrogens (tertiary/aromatic N) is 2. The Labute approximate surface area is 161 Å². The SMILES string of the molecule is CCCCNc1ccc(C2CCCCN2C(=O)OCc2ccccc2)cn1. The first kappa shape index (κ1) is 19.2. The van der Waals surface area contributed by atoms with E-state index in [1.165, 1.54) is 0 Å². The Hall–Kier alpha value is -2.56. The fourth-order valence-corrected chi connectivity index (χ4v) is 3.40. The lowest BCUT2D eigenvalue weighted by molar-refractivity contribution is 0.0678. The second kappa shape index (κ2) is 9.95. The molecule has 3 rings (SSSR count). The van der Waals surface area contributed by atoms with Gasteiger partial charge in [-0.05, 0) is 42.9 Å². The maximum absolute atomic E-state index is 12.7. The number of amides is 1. The lowest BCUT2D eigenvalue weighted by atomic mass is 9.97. The Bertz CT molecular complexity index is 703. The van der Waals surface area contributed by atoms with E-state index >= 15 is 0 Å². The third kappa shape index (κ3) is 5.46. The number of hydrogen-bond donors (Lipinski definition) is 1. The molecular formula is C22H29N3O2. The molecule has 1 atom stereocenters. The molecule has 0 aliphatic carbocycles. The van der Waals surface area contributed by atoms with Gasteiger partial charge in [-0.1, -0.05) is 49.7 Å². The number of carbonyl (C=O) groups excluding carboxylic acids is 1. The molecule has 1 saturated heterocycles. The standard InChI is InChI=1S/C22H29N3O2/c1-2-3-14-23-21-13-12-19(16-24-21)20-11-7-8-15-25(20)22(26)27-17-18-9-5-4-6-10-18/h4-6,9-10,12-13,16,20H,2-3,7-8,11,14-15,17H2,1H3,(H,23,24). The van der Waals surface area contributed by atoms with Gasteiger partial charge in [0.05, 0.1) is 6.04 Å². The molecule has 5 nitrogen and oxygen atoms in total. The Morgan fingerprint density at radius 2 is 2.07 bits per heavy atom. The van der Waals surface area contributed by atoms with Crippen LogP contribution in [0.3, 0.4) is 0 Å². The summed E-state index contributed by atoms with van der Waals surface area (Å²) in [7, 11) is 0. The van der Waals surface area contributed by atoms with Crippen LogP contribution < -0.4 is 5.32 Å². The van der Waals surface area contributed by atoms with E-state index in [0.29, 0.717) is 6.61 Å². The lowest BCUT2D eigenvalue weighted by Gasteiger charge is -2.35. The fourth-order valence-electron chi connectivity index (χ4n) is 3.40. The summed E-state index contributed by atoms with van der Waals surface area (Å²) in [4.78, 5) is 19.0. The van der Waals surface area contributed by atoms with E-state index in [1.54, 1.807) is 0 Å². The average molecular weight is 367 g/mol. The van der Waals surface area contributed by atoms with Crippen molar-refractivity contribution in [1.29, 1.82) is 0 Å². The van der Waals surface area contributed by atoms with E-state index < -0.39 is 0 Å². The molecule has 1 aromatic carbocycles. The molecule has 5 heteroatoms. The van der Waals surface area contributed by atoms with E-state index in [0.717, 1.165) is 62.1 Å². The predicted molar refractivity (Wildman–Crippen MR) is 108 cm³/mol. The number of ether oxygens (including phenoxy) is 1. The van der Waals surface area contributed by atoms with E-state index in [1.807, 2.05) is 47.5 Å². The van der Waals surface area contributed by atoms with Crippen molar-refractivity contribution in [2.24, 2.45) is 0 Å². The molecule has 144 valence electrons. The third-order valence-electron chi connectivity index (χ3n) is 4.95. The van der Waals surface area contributed by atoms with Crippen molar-refractivity contribution in [2.45, 2.75) is 51.7 Å². The Kier molecular flexibility index (Phi) is 7.08. The van der Waals surface area contributed by atoms with Gasteiger partial charge in [0.1, 0.15) is 12.4 Å². The molecule has 0 saturated carbocycles. The highest BCUT2D eigenvalue weighted by molar-refractivity contribution is 5.68. The zero-order chi connectivity index (χ0) is 18.9. The first-order valence-corrected chi connectivity index (χ1v) is 9.95. The number of anilines is 1. The smallest absolute Gasteiger partial charge is 0.410 e. The van der Waals surface area contributed by atoms with Crippen LogP contribution in [0.25, 0.3) is 0 Å². The number of hydrogen-bond acceptors (Lipinski definition) is 4. The van der Waals surface area contributed by atoms with Crippen LogP contribution >= 0.6 is 0 Å². The summed E-state index contributed by atoms with van der Waals surface area (Å²) in [6.07, 6.45) is 7.02. The van der Waals surface area contributed by atoms with Crippen LogP contribution in [-0.4, -0.2) is 29.1 Å². The van der Waals surface area contributed by atoms with Crippen molar-refractivity contribution in [3.05, 3.63) is 59.8 Å². The molecule has 1 fully saturated rings. The summed E-state index contributed by atoms with van der Waals surface area (Å²) in [6, 6.07) is 13.9. The molecule has 1 aliphatic rings. The minimum absolute atomic E-state index is 0.0409. The molecule has 27 heavy (non-hydrogen) atoms. The number of aromatic nitrogens is 1. The maximum Gasteiger partial charge on any atom is 0.410 e. The average Bonchev–Trinajstić information content (AvgIpc) is 2.73. The highest BCUT2D eigenvalue weighted by atomic mass is 16.6. The van der Waals surface area contributed by atoms with Crippen LogP contribution in [-0.2, 0) is 11.3 Å². The Balaban J connectivity index is 1.61. The zero-order valence-electron chi connectivity index (χ0n) is 16.1. The van der Waals surface area contributed by atoms with Crippen LogP contribution in [0.1, 0.15) is 56.2 Å². The molecule has 0 spiro atoms. The van der Waals surface area contributed by atoms with Crippen LogP contribution in [0.2, 0.25) is 0 Å². The van der Waals surface area contributed by atoms with Gasteiger partial charge in [0.25, 0.3) is 0 Å². The Morgan fingerprint density at radius 3 is 2.81 bits per heavy atom. The summed E-state index contributed by atoms with van der Waals surface area (Å²) >= 11 is 0. The summed E-state index contributed by atoms with van der Waals surface area (Å²) in [5.41, 5.74) is 2.08. The number of benzene rings is 1. The van der Waals surface area contributed by atoms with Gasteiger partial charge >= 0.3 is 6.09 Å². The van der Waals surface area contributed by atoms with E-state index in [-0.39, 0.29) is 12.1 Å². The fraction of sp³-hybridized carbons (Fsp3) is 0.455. The quantitative estimate of drug-likeness (QED) is 0.687. The van der Waals surface area contributed by atoms with Gasteiger partial charge in [-0.3, -0.25) is 0 Å². The van der Waals surface area contributed by atoms with Crippen molar-refractivity contribution in [1.82, 2.24) is 9.88 Å². The predicted octanol–water partition coefficient (Wildman–Crippen LogP) is 5.16. The number of nitrogens with one attached hydrogen (secondary N) is 1. The zero-order valence-corrected chi connectivity index (χ0v) is 16.1. The highest BCUT2D eigenvalue weighted by Crippen LogP contribution is 2.31. The largest absolute Gasteiger partial charge is 0.445 e. The van der Waals surface area contributed by atoms with E-state index in [9.17, 15) is 4.79 Å². The van der Waals surface area contributed by atoms with Crippen molar-refractivity contribution in [3.8, 4) is 0 Å². The first-order chi connectivity index (χ1) is 13.3. The number of piperidine rings is 1. The van der Waals surface area contributed by atoms with E-state index in [2.05, 4.69) is 23.3 Å². The Morgan fingerprint density at radius 1 is 1.22 bits per heavy atom. The van der Waals surface area contributed by atoms with E-state index in [4.69, 9.17) is 4.74 Å². The van der Waals surface area contributed by atoms with Crippen LogP contribution in [0, 0.1) is 0 Å². The number of pyridine rings is 1. The van der Waals surface area contributed by atoms with Crippen molar-refractivity contribution in [2.75, 3.05) is 18.4 Å². The topological polar surface area (TPSA) is 54.5 Å².